The Morgan fingerprint density at radius 3 is 2.46 bits per heavy atom. The molecule has 0 saturated heterocycles. The number of hydrogen-bond acceptors (Lipinski definition) is 7. The molecule has 39 heavy (non-hydrogen) atoms. The number of carbonyl (C=O) groups excluding carboxylic acids is 2. The summed E-state index contributed by atoms with van der Waals surface area (Å²) < 4.78 is 7.46. The van der Waals surface area contributed by atoms with Crippen LogP contribution in [0, 0.1) is 0 Å². The number of aryl methyl sites for hydroxylation is 1. The van der Waals surface area contributed by atoms with E-state index >= 15 is 0 Å². The second-order valence-corrected chi connectivity index (χ2v) is 11.7. The molecule has 0 aliphatic carbocycles. The molecule has 1 N–H and O–H groups in total. The van der Waals surface area contributed by atoms with Gasteiger partial charge in [-0.15, -0.1) is 22.7 Å². The van der Waals surface area contributed by atoms with Crippen LogP contribution in [0.4, 0.5) is 5.00 Å². The van der Waals surface area contributed by atoms with Crippen LogP contribution in [0.2, 0.25) is 0 Å². The van der Waals surface area contributed by atoms with Crippen molar-refractivity contribution in [3.63, 3.8) is 0 Å². The molecule has 2 aromatic carbocycles. The predicted octanol–water partition coefficient (Wildman–Crippen LogP) is 6.99. The summed E-state index contributed by atoms with van der Waals surface area (Å²) in [5, 5.41) is 3.70. The van der Waals surface area contributed by atoms with E-state index in [0.717, 1.165) is 37.3 Å². The van der Waals surface area contributed by atoms with Crippen LogP contribution in [0.15, 0.2) is 76.3 Å². The van der Waals surface area contributed by atoms with Crippen LogP contribution in [-0.4, -0.2) is 28.0 Å². The van der Waals surface area contributed by atoms with Crippen LogP contribution < -0.4 is 10.9 Å². The number of thiophene rings is 2. The number of amides is 1. The average molecular weight is 623 g/mol. The molecule has 0 atom stereocenters. The summed E-state index contributed by atoms with van der Waals surface area (Å²) in [6.45, 7) is 3.74. The van der Waals surface area contributed by atoms with Crippen LogP contribution in [0.25, 0.3) is 31.8 Å². The molecule has 0 saturated carbocycles. The lowest BCUT2D eigenvalue weighted by Crippen LogP contribution is -2.28. The maximum atomic E-state index is 13.6. The fourth-order valence-electron chi connectivity index (χ4n) is 4.27. The van der Waals surface area contributed by atoms with Gasteiger partial charge in [-0.2, -0.15) is 0 Å². The first-order valence-corrected chi connectivity index (χ1v) is 14.7. The second kappa shape index (κ2) is 11.6. The molecule has 5 rings (SSSR count). The number of carbonyl (C=O) groups is 2. The summed E-state index contributed by atoms with van der Waals surface area (Å²) in [4.78, 5) is 46.4. The molecule has 0 aliphatic heterocycles. The molecule has 0 aliphatic rings. The first kappa shape index (κ1) is 27.0. The van der Waals surface area contributed by atoms with E-state index in [9.17, 15) is 14.4 Å². The van der Waals surface area contributed by atoms with E-state index in [1.165, 1.54) is 33.6 Å². The first-order valence-electron chi connectivity index (χ1n) is 12.3. The standard InChI is InChI=1S/C29H24BrN3O4S2/c1-3-21-24(18-10-12-19(30)13-11-18)25-27(38-21)31-16-33(28(25)35)15-23(34)32-26-20(29(36)37-4-2)14-22(39-26)17-8-6-5-7-9-17/h5-14,16H,3-4,15H2,1-2H3,(H,32,34). The molecule has 1 amide bonds. The molecule has 7 nitrogen and oxygen atoms in total. The van der Waals surface area contributed by atoms with Crippen molar-refractivity contribution in [2.45, 2.75) is 26.8 Å². The lowest BCUT2D eigenvalue weighted by molar-refractivity contribution is -0.116. The number of ether oxygens (including phenoxy) is 1. The molecule has 0 spiro atoms. The number of anilines is 1. The Morgan fingerprint density at radius 1 is 1.03 bits per heavy atom. The number of esters is 1. The Labute approximate surface area is 241 Å². The van der Waals surface area contributed by atoms with Crippen LogP contribution in [0.1, 0.15) is 29.1 Å². The molecule has 3 heterocycles. The average Bonchev–Trinajstić information content (AvgIpc) is 3.53. The topological polar surface area (TPSA) is 90.3 Å². The normalized spacial score (nSPS) is 11.1. The fourth-order valence-corrected chi connectivity index (χ4v) is 6.69. The number of benzene rings is 2. The Hall–Kier alpha value is -3.60. The SMILES string of the molecule is CCOC(=O)c1cc(-c2ccccc2)sc1NC(=O)Cn1cnc2sc(CC)c(-c3ccc(Br)cc3)c2c1=O. The minimum Gasteiger partial charge on any atom is -0.462 e. The third kappa shape index (κ3) is 5.59. The maximum Gasteiger partial charge on any atom is 0.341 e. The molecule has 0 fully saturated rings. The van der Waals surface area contributed by atoms with Crippen molar-refractivity contribution >= 4 is 65.7 Å². The molecule has 0 bridgehead atoms. The van der Waals surface area contributed by atoms with Gasteiger partial charge in [0, 0.05) is 19.8 Å². The van der Waals surface area contributed by atoms with E-state index in [4.69, 9.17) is 4.74 Å². The number of nitrogens with zero attached hydrogens (tertiary/aromatic N) is 2. The summed E-state index contributed by atoms with van der Waals surface area (Å²) in [6, 6.07) is 19.1. The van der Waals surface area contributed by atoms with Crippen LogP contribution in [0.5, 0.6) is 0 Å². The van der Waals surface area contributed by atoms with Crippen molar-refractivity contribution in [2.75, 3.05) is 11.9 Å². The van der Waals surface area contributed by atoms with Crippen molar-refractivity contribution in [3.05, 3.63) is 92.3 Å². The van der Waals surface area contributed by atoms with E-state index < -0.39 is 11.9 Å². The molecule has 3 aromatic heterocycles. The number of hydrogen-bond donors (Lipinski definition) is 1. The van der Waals surface area contributed by atoms with Gasteiger partial charge in [-0.1, -0.05) is 65.3 Å². The number of halogens is 1. The summed E-state index contributed by atoms with van der Waals surface area (Å²) in [7, 11) is 0. The molecule has 0 unspecified atom stereocenters. The zero-order chi connectivity index (χ0) is 27.5. The molecule has 0 radical (unpaired) electrons. The third-order valence-corrected chi connectivity index (χ3v) is 8.93. The summed E-state index contributed by atoms with van der Waals surface area (Å²) >= 11 is 6.24. The second-order valence-electron chi connectivity index (χ2n) is 8.61. The molecular weight excluding hydrogens is 598 g/mol. The van der Waals surface area contributed by atoms with Crippen LogP contribution >= 0.6 is 38.6 Å². The number of aromatic nitrogens is 2. The molecule has 5 aromatic rings. The van der Waals surface area contributed by atoms with Crippen molar-refractivity contribution in [2.24, 2.45) is 0 Å². The highest BCUT2D eigenvalue weighted by atomic mass is 79.9. The molecule has 198 valence electrons. The van der Waals surface area contributed by atoms with Gasteiger partial charge in [0.25, 0.3) is 5.56 Å². The Bertz CT molecular complexity index is 1720. The van der Waals surface area contributed by atoms with E-state index in [0.29, 0.717) is 15.2 Å². The van der Waals surface area contributed by atoms with E-state index in [1.807, 2.05) is 61.5 Å². The van der Waals surface area contributed by atoms with Gasteiger partial charge in [0.1, 0.15) is 16.4 Å². The fraction of sp³-hybridized carbons (Fsp3) is 0.172. The predicted molar refractivity (Wildman–Crippen MR) is 161 cm³/mol. The van der Waals surface area contributed by atoms with Gasteiger partial charge in [-0.25, -0.2) is 9.78 Å². The summed E-state index contributed by atoms with van der Waals surface area (Å²) in [5.74, 6) is -0.961. The molecular formula is C29H24BrN3O4S2. The van der Waals surface area contributed by atoms with Crippen molar-refractivity contribution < 1.29 is 14.3 Å². The minimum atomic E-state index is -0.518. The lowest BCUT2D eigenvalue weighted by atomic mass is 10.0. The van der Waals surface area contributed by atoms with Crippen LogP contribution in [-0.2, 0) is 22.5 Å². The minimum absolute atomic E-state index is 0.213. The highest BCUT2D eigenvalue weighted by Crippen LogP contribution is 2.38. The van der Waals surface area contributed by atoms with Crippen molar-refractivity contribution in [1.82, 2.24) is 9.55 Å². The van der Waals surface area contributed by atoms with Crippen molar-refractivity contribution in [1.29, 1.82) is 0 Å². The highest BCUT2D eigenvalue weighted by molar-refractivity contribution is 9.10. The monoisotopic (exact) mass is 621 g/mol. The van der Waals surface area contributed by atoms with E-state index in [-0.39, 0.29) is 24.3 Å². The number of nitrogens with one attached hydrogen (secondary N) is 1. The number of fused-ring (bicyclic) bond motifs is 1. The largest absolute Gasteiger partial charge is 0.462 e. The van der Waals surface area contributed by atoms with E-state index in [1.54, 1.807) is 13.0 Å². The zero-order valence-corrected chi connectivity index (χ0v) is 24.4. The molecule has 10 heteroatoms. The van der Waals surface area contributed by atoms with Gasteiger partial charge in [-0.3, -0.25) is 14.2 Å². The van der Waals surface area contributed by atoms with E-state index in [2.05, 4.69) is 26.2 Å². The Morgan fingerprint density at radius 2 is 1.77 bits per heavy atom. The van der Waals surface area contributed by atoms with Gasteiger partial charge in [0.05, 0.1) is 23.9 Å². The smallest absolute Gasteiger partial charge is 0.341 e. The van der Waals surface area contributed by atoms with Crippen molar-refractivity contribution in [3.8, 4) is 21.6 Å². The van der Waals surface area contributed by atoms with Gasteiger partial charge < -0.3 is 10.1 Å². The summed E-state index contributed by atoms with van der Waals surface area (Å²) in [5.41, 5.74) is 2.69. The lowest BCUT2D eigenvalue weighted by Gasteiger charge is -2.09. The zero-order valence-electron chi connectivity index (χ0n) is 21.2. The Kier molecular flexibility index (Phi) is 8.06. The highest BCUT2D eigenvalue weighted by Gasteiger charge is 2.22. The first-order chi connectivity index (χ1) is 18.9. The maximum absolute atomic E-state index is 13.6. The van der Waals surface area contributed by atoms with Gasteiger partial charge in [0.15, 0.2) is 0 Å². The van der Waals surface area contributed by atoms with Crippen LogP contribution in [0.3, 0.4) is 0 Å². The number of rotatable bonds is 8. The Balaban J connectivity index is 1.48. The third-order valence-electron chi connectivity index (χ3n) is 6.06. The quantitative estimate of drug-likeness (QED) is 0.188. The van der Waals surface area contributed by atoms with Gasteiger partial charge in [0.2, 0.25) is 5.91 Å². The summed E-state index contributed by atoms with van der Waals surface area (Å²) in [6.07, 6.45) is 2.16. The van der Waals surface area contributed by atoms with Gasteiger partial charge >= 0.3 is 5.97 Å². The van der Waals surface area contributed by atoms with Gasteiger partial charge in [-0.05, 0) is 42.7 Å².